The zero-order valence-corrected chi connectivity index (χ0v) is 19.4. The number of aromatic nitrogens is 1. The van der Waals surface area contributed by atoms with Crippen molar-refractivity contribution in [1.82, 2.24) is 4.98 Å². The minimum atomic E-state index is -0.486. The zero-order valence-electron chi connectivity index (χ0n) is 18.6. The first kappa shape index (κ1) is 23.2. The van der Waals surface area contributed by atoms with Crippen molar-refractivity contribution >= 4 is 46.1 Å². The predicted molar refractivity (Wildman–Crippen MR) is 134 cm³/mol. The molecule has 34 heavy (non-hydrogen) atoms. The zero-order chi connectivity index (χ0) is 24.2. The van der Waals surface area contributed by atoms with Crippen molar-refractivity contribution in [2.75, 3.05) is 5.32 Å². The van der Waals surface area contributed by atoms with E-state index in [0.717, 1.165) is 11.9 Å². The van der Waals surface area contributed by atoms with Gasteiger partial charge in [-0.15, -0.1) is 0 Å². The highest BCUT2D eigenvalue weighted by Gasteiger charge is 2.13. The smallest absolute Gasteiger partial charge is 0.270 e. The molecule has 0 saturated carbocycles. The maximum atomic E-state index is 12.4. The summed E-state index contributed by atoms with van der Waals surface area (Å²) < 4.78 is 5.92. The van der Waals surface area contributed by atoms with Gasteiger partial charge in [0.1, 0.15) is 5.52 Å². The van der Waals surface area contributed by atoms with Crippen LogP contribution in [0.5, 0.6) is 0 Å². The highest BCUT2D eigenvalue weighted by atomic mass is 35.5. The molecule has 0 aliphatic heterocycles. The number of fused-ring (bicyclic) bond motifs is 1. The first-order valence-electron chi connectivity index (χ1n) is 10.8. The van der Waals surface area contributed by atoms with Crippen LogP contribution in [-0.2, 0) is 4.79 Å². The second kappa shape index (κ2) is 9.89. The lowest BCUT2D eigenvalue weighted by molar-refractivity contribution is -0.384. The third-order valence-electron chi connectivity index (χ3n) is 5.57. The van der Waals surface area contributed by atoms with Crippen LogP contribution in [0.3, 0.4) is 0 Å². The normalized spacial score (nSPS) is 12.2. The van der Waals surface area contributed by atoms with E-state index in [0.29, 0.717) is 39.2 Å². The van der Waals surface area contributed by atoms with Gasteiger partial charge in [-0.2, -0.15) is 0 Å². The summed E-state index contributed by atoms with van der Waals surface area (Å²) in [6.07, 6.45) is 3.82. The molecule has 172 valence electrons. The number of halogens is 1. The highest BCUT2D eigenvalue weighted by molar-refractivity contribution is 6.34. The second-order valence-corrected chi connectivity index (χ2v) is 8.33. The highest BCUT2D eigenvalue weighted by Crippen LogP contribution is 2.32. The number of benzene rings is 3. The Balaban J connectivity index is 1.54. The summed E-state index contributed by atoms with van der Waals surface area (Å²) in [6.45, 7) is 4.31. The Bertz CT molecular complexity index is 1410. The Morgan fingerprint density at radius 2 is 2.03 bits per heavy atom. The summed E-state index contributed by atoms with van der Waals surface area (Å²) in [4.78, 5) is 27.5. The molecule has 0 aliphatic carbocycles. The van der Waals surface area contributed by atoms with E-state index in [1.807, 2.05) is 18.2 Å². The topological polar surface area (TPSA) is 98.3 Å². The summed E-state index contributed by atoms with van der Waals surface area (Å²) in [5.41, 5.74) is 4.21. The number of nitrogens with one attached hydrogen (secondary N) is 1. The number of oxazole rings is 1. The molecule has 0 bridgehead atoms. The molecule has 1 heterocycles. The summed E-state index contributed by atoms with van der Waals surface area (Å²) in [6, 6.07) is 17.1. The number of hydrogen-bond acceptors (Lipinski definition) is 5. The molecule has 7 nitrogen and oxygen atoms in total. The molecule has 0 saturated heterocycles. The minimum absolute atomic E-state index is 0.0482. The summed E-state index contributed by atoms with van der Waals surface area (Å²) in [5, 5.41) is 14.0. The maximum absolute atomic E-state index is 12.4. The van der Waals surface area contributed by atoms with Crippen LogP contribution < -0.4 is 5.32 Å². The van der Waals surface area contributed by atoms with Gasteiger partial charge in [-0.25, -0.2) is 4.98 Å². The molecule has 3 aromatic carbocycles. The Morgan fingerprint density at radius 3 is 2.79 bits per heavy atom. The number of rotatable bonds is 7. The molecule has 0 fully saturated rings. The van der Waals surface area contributed by atoms with Gasteiger partial charge in [0.25, 0.3) is 5.69 Å². The Morgan fingerprint density at radius 1 is 1.21 bits per heavy atom. The molecule has 4 aromatic rings. The van der Waals surface area contributed by atoms with Crippen LogP contribution in [0.15, 0.2) is 71.2 Å². The lowest BCUT2D eigenvalue weighted by Gasteiger charge is -2.07. The molecule has 0 radical (unpaired) electrons. The van der Waals surface area contributed by atoms with Gasteiger partial charge in [0.15, 0.2) is 5.58 Å². The fourth-order valence-corrected chi connectivity index (χ4v) is 3.62. The van der Waals surface area contributed by atoms with Gasteiger partial charge in [-0.1, -0.05) is 43.6 Å². The minimum Gasteiger partial charge on any atom is -0.436 e. The fraction of sp³-hybridized carbons (Fsp3) is 0.154. The summed E-state index contributed by atoms with van der Waals surface area (Å²) in [5.74, 6) is 0.425. The maximum Gasteiger partial charge on any atom is 0.270 e. The van der Waals surface area contributed by atoms with Crippen LogP contribution in [0, 0.1) is 10.1 Å². The van der Waals surface area contributed by atoms with Gasteiger partial charge in [0.2, 0.25) is 11.8 Å². The lowest BCUT2D eigenvalue weighted by atomic mass is 9.98. The van der Waals surface area contributed by atoms with Gasteiger partial charge in [-0.3, -0.25) is 14.9 Å². The Kier molecular flexibility index (Phi) is 6.75. The lowest BCUT2D eigenvalue weighted by Crippen LogP contribution is -2.08. The van der Waals surface area contributed by atoms with E-state index in [2.05, 4.69) is 24.1 Å². The largest absolute Gasteiger partial charge is 0.436 e. The van der Waals surface area contributed by atoms with Crippen molar-refractivity contribution in [3.63, 3.8) is 0 Å². The Labute approximate surface area is 201 Å². The standard InChI is InChI=1S/C26H22ClN3O4/c1-3-16(2)18-9-11-24-23(14-18)29-26(34-24)19-8-10-21(27)22(15-19)28-25(31)12-7-17-5-4-6-20(13-17)30(32)33/h4-16H,3H2,1-2H3,(H,28,31)/b12-7+/t16-/m1/s1. The molecule has 4 rings (SSSR count). The quantitative estimate of drug-likeness (QED) is 0.173. The van der Waals surface area contributed by atoms with Gasteiger partial charge in [0.05, 0.1) is 15.6 Å². The van der Waals surface area contributed by atoms with Crippen LogP contribution >= 0.6 is 11.6 Å². The summed E-state index contributed by atoms with van der Waals surface area (Å²) in [7, 11) is 0. The molecule has 1 aromatic heterocycles. The van der Waals surface area contributed by atoms with Crippen LogP contribution in [0.2, 0.25) is 5.02 Å². The van der Waals surface area contributed by atoms with Crippen LogP contribution in [-0.4, -0.2) is 15.8 Å². The van der Waals surface area contributed by atoms with Crippen LogP contribution in [0.25, 0.3) is 28.6 Å². The first-order chi connectivity index (χ1) is 16.3. The van der Waals surface area contributed by atoms with Gasteiger partial charge < -0.3 is 9.73 Å². The molecular weight excluding hydrogens is 454 g/mol. The van der Waals surface area contributed by atoms with E-state index in [9.17, 15) is 14.9 Å². The van der Waals surface area contributed by atoms with Crippen molar-refractivity contribution in [3.05, 3.63) is 93.0 Å². The molecule has 0 unspecified atom stereocenters. The van der Waals surface area contributed by atoms with Crippen molar-refractivity contribution < 1.29 is 14.1 Å². The van der Waals surface area contributed by atoms with Gasteiger partial charge >= 0.3 is 0 Å². The number of carbonyl (C=O) groups excluding carboxylic acids is 1. The van der Waals surface area contributed by atoms with Gasteiger partial charge in [0, 0.05) is 23.8 Å². The molecule has 1 atom stereocenters. The average Bonchev–Trinajstić information content (AvgIpc) is 3.27. The molecular formula is C26H22ClN3O4. The van der Waals surface area contributed by atoms with Crippen molar-refractivity contribution in [1.29, 1.82) is 0 Å². The van der Waals surface area contributed by atoms with E-state index in [4.69, 9.17) is 16.0 Å². The number of nitro groups is 1. The second-order valence-electron chi connectivity index (χ2n) is 7.92. The number of nitrogens with zero attached hydrogens (tertiary/aromatic N) is 2. The molecule has 8 heteroatoms. The predicted octanol–water partition coefficient (Wildman–Crippen LogP) is 7.22. The molecule has 1 N–H and O–H groups in total. The van der Waals surface area contributed by atoms with Crippen LogP contribution in [0.1, 0.15) is 37.3 Å². The average molecular weight is 476 g/mol. The number of non-ortho nitro benzene ring substituents is 1. The first-order valence-corrected chi connectivity index (χ1v) is 11.2. The molecule has 1 amide bonds. The SMILES string of the molecule is CC[C@@H](C)c1ccc2oc(-c3ccc(Cl)c(NC(=O)/C=C/c4cccc([N+](=O)[O-])c4)c3)nc2c1. The molecule has 0 spiro atoms. The number of carbonyl (C=O) groups is 1. The molecule has 0 aliphatic rings. The Hall–Kier alpha value is -3.97. The van der Waals surface area contributed by atoms with Crippen molar-refractivity contribution in [3.8, 4) is 11.5 Å². The number of amides is 1. The van der Waals surface area contributed by atoms with Crippen molar-refractivity contribution in [2.24, 2.45) is 0 Å². The van der Waals surface area contributed by atoms with E-state index in [-0.39, 0.29) is 5.69 Å². The number of nitro benzene ring substituents is 1. The van der Waals surface area contributed by atoms with E-state index < -0.39 is 10.8 Å². The van der Waals surface area contributed by atoms with E-state index in [1.165, 1.54) is 29.8 Å². The monoisotopic (exact) mass is 475 g/mol. The van der Waals surface area contributed by atoms with E-state index in [1.54, 1.807) is 30.3 Å². The fourth-order valence-electron chi connectivity index (χ4n) is 3.45. The number of anilines is 1. The third-order valence-corrected chi connectivity index (χ3v) is 5.90. The van der Waals surface area contributed by atoms with Crippen LogP contribution in [0.4, 0.5) is 11.4 Å². The number of hydrogen-bond donors (Lipinski definition) is 1. The third kappa shape index (κ3) is 5.15. The van der Waals surface area contributed by atoms with Gasteiger partial charge in [-0.05, 0) is 59.9 Å². The van der Waals surface area contributed by atoms with E-state index >= 15 is 0 Å². The summed E-state index contributed by atoms with van der Waals surface area (Å²) >= 11 is 6.29. The van der Waals surface area contributed by atoms with Crippen molar-refractivity contribution in [2.45, 2.75) is 26.2 Å².